The number of allylic oxidation sites excluding steroid dienone is 1. The fraction of sp³-hybridized carbons (Fsp3) is 0.450. The summed E-state index contributed by atoms with van der Waals surface area (Å²) in [5, 5.41) is 3.45. The van der Waals surface area contributed by atoms with Crippen LogP contribution in [0.15, 0.2) is 44.3 Å². The molecule has 0 atom stereocenters. The van der Waals surface area contributed by atoms with Crippen molar-refractivity contribution in [1.82, 2.24) is 15.2 Å². The zero-order valence-corrected chi connectivity index (χ0v) is 17.4. The van der Waals surface area contributed by atoms with Crippen LogP contribution < -0.4 is 5.32 Å². The number of amides is 1. The topological polar surface area (TPSA) is 57.6 Å². The predicted octanol–water partition coefficient (Wildman–Crippen LogP) is 4.10. The van der Waals surface area contributed by atoms with Gasteiger partial charge in [0.05, 0.1) is 12.2 Å². The van der Waals surface area contributed by atoms with Crippen LogP contribution in [0.5, 0.6) is 0 Å². The van der Waals surface area contributed by atoms with E-state index in [4.69, 9.17) is 0 Å². The second-order valence-electron chi connectivity index (χ2n) is 7.61. The predicted molar refractivity (Wildman–Crippen MR) is 108 cm³/mol. The molecule has 0 unspecified atom stereocenters. The number of aromatic nitrogens is 1. The second-order valence-corrected chi connectivity index (χ2v) is 8.53. The standard InChI is InChI=1S/C20H25BrN4O/c1-12(2)17(13(3)18(22-5)24-20(4)6-7-20)19(26)25-10-14-8-15(21)9-23-16(14)11-25/h8-9,24H,5-7,10-11H2,1-4H3/b18-13-. The van der Waals surface area contributed by atoms with Crippen LogP contribution in [0.4, 0.5) is 0 Å². The zero-order chi connectivity index (χ0) is 19.1. The minimum atomic E-state index is 0.0144. The molecule has 2 aliphatic rings. The number of carbonyl (C=O) groups is 1. The van der Waals surface area contributed by atoms with E-state index in [1.54, 1.807) is 6.20 Å². The van der Waals surface area contributed by atoms with Crippen molar-refractivity contribution in [2.75, 3.05) is 0 Å². The minimum absolute atomic E-state index is 0.0144. The van der Waals surface area contributed by atoms with Gasteiger partial charge in [-0.15, -0.1) is 0 Å². The quantitative estimate of drug-likeness (QED) is 0.446. The third-order valence-electron chi connectivity index (χ3n) is 5.04. The molecule has 6 heteroatoms. The SMILES string of the molecule is C=N/C(NC1(C)CC1)=C(\C)C(C(=O)N1Cc2cc(Br)cnc2C1)=C(C)C. The Morgan fingerprint density at radius 1 is 1.35 bits per heavy atom. The highest BCUT2D eigenvalue weighted by Gasteiger charge is 2.38. The lowest BCUT2D eigenvalue weighted by Gasteiger charge is -2.22. The zero-order valence-electron chi connectivity index (χ0n) is 15.8. The molecule has 0 radical (unpaired) electrons. The van der Waals surface area contributed by atoms with Gasteiger partial charge in [-0.25, -0.2) is 4.99 Å². The summed E-state index contributed by atoms with van der Waals surface area (Å²) in [7, 11) is 0. The molecule has 3 rings (SSSR count). The second kappa shape index (κ2) is 6.99. The van der Waals surface area contributed by atoms with Gasteiger partial charge in [0.25, 0.3) is 5.91 Å². The molecule has 0 bridgehead atoms. The molecule has 1 N–H and O–H groups in total. The maximum atomic E-state index is 13.3. The highest BCUT2D eigenvalue weighted by atomic mass is 79.9. The number of pyridine rings is 1. The summed E-state index contributed by atoms with van der Waals surface area (Å²) in [5.41, 5.74) is 4.66. The number of halogens is 1. The Morgan fingerprint density at radius 2 is 2.04 bits per heavy atom. The van der Waals surface area contributed by atoms with Crippen molar-refractivity contribution in [3.8, 4) is 0 Å². The van der Waals surface area contributed by atoms with Crippen molar-refractivity contribution >= 4 is 28.6 Å². The van der Waals surface area contributed by atoms with Crippen molar-refractivity contribution in [2.24, 2.45) is 4.99 Å². The molecule has 5 nitrogen and oxygen atoms in total. The van der Waals surface area contributed by atoms with Crippen LogP contribution in [0.3, 0.4) is 0 Å². The smallest absolute Gasteiger partial charge is 0.254 e. The molecule has 0 saturated heterocycles. The lowest BCUT2D eigenvalue weighted by Crippen LogP contribution is -2.31. The van der Waals surface area contributed by atoms with Gasteiger partial charge in [-0.2, -0.15) is 0 Å². The summed E-state index contributed by atoms with van der Waals surface area (Å²) in [6.07, 6.45) is 4.00. The summed E-state index contributed by atoms with van der Waals surface area (Å²) in [6.45, 7) is 12.9. The average Bonchev–Trinajstić information content (AvgIpc) is 3.15. The normalized spacial score (nSPS) is 18.0. The number of rotatable bonds is 5. The number of carbonyl (C=O) groups excluding carboxylic acids is 1. The Morgan fingerprint density at radius 3 is 2.62 bits per heavy atom. The number of nitrogens with zero attached hydrogens (tertiary/aromatic N) is 3. The number of hydrogen-bond acceptors (Lipinski definition) is 4. The van der Waals surface area contributed by atoms with Gasteiger partial charge in [0.2, 0.25) is 0 Å². The Balaban J connectivity index is 1.88. The van der Waals surface area contributed by atoms with E-state index < -0.39 is 0 Å². The average molecular weight is 417 g/mol. The Labute approximate surface area is 163 Å². The molecule has 2 heterocycles. The molecule has 1 aliphatic carbocycles. The van der Waals surface area contributed by atoms with E-state index in [1.807, 2.05) is 31.7 Å². The Bertz CT molecular complexity index is 832. The molecule has 1 saturated carbocycles. The van der Waals surface area contributed by atoms with Crippen LogP contribution in [0, 0.1) is 0 Å². The van der Waals surface area contributed by atoms with Crippen LogP contribution >= 0.6 is 15.9 Å². The molecule has 1 aromatic heterocycles. The van der Waals surface area contributed by atoms with E-state index in [2.05, 4.69) is 44.9 Å². The third-order valence-corrected chi connectivity index (χ3v) is 5.47. The van der Waals surface area contributed by atoms with E-state index in [0.717, 1.165) is 39.7 Å². The number of aliphatic imine (C=N–C) groups is 1. The van der Waals surface area contributed by atoms with Crippen molar-refractivity contribution in [3.05, 3.63) is 50.5 Å². The first-order valence-corrected chi connectivity index (χ1v) is 9.59. The third kappa shape index (κ3) is 3.75. The van der Waals surface area contributed by atoms with Gasteiger partial charge in [0, 0.05) is 33.9 Å². The lowest BCUT2D eigenvalue weighted by atomic mass is 10.0. The molecule has 26 heavy (non-hydrogen) atoms. The van der Waals surface area contributed by atoms with Crippen molar-refractivity contribution in [1.29, 1.82) is 0 Å². The van der Waals surface area contributed by atoms with Crippen LogP contribution in [-0.2, 0) is 17.9 Å². The first-order chi connectivity index (χ1) is 12.2. The fourth-order valence-corrected chi connectivity index (χ4v) is 3.63. The van der Waals surface area contributed by atoms with Gasteiger partial charge in [0.1, 0.15) is 5.82 Å². The summed E-state index contributed by atoms with van der Waals surface area (Å²) >= 11 is 3.45. The van der Waals surface area contributed by atoms with E-state index >= 15 is 0 Å². The number of fused-ring (bicyclic) bond motifs is 1. The highest BCUT2D eigenvalue weighted by Crippen LogP contribution is 2.36. The molecule has 138 valence electrons. The van der Waals surface area contributed by atoms with E-state index in [0.29, 0.717) is 24.5 Å². The van der Waals surface area contributed by atoms with Crippen LogP contribution in [-0.4, -0.2) is 28.0 Å². The number of hydrogen-bond donors (Lipinski definition) is 1. The highest BCUT2D eigenvalue weighted by molar-refractivity contribution is 9.10. The van der Waals surface area contributed by atoms with Crippen molar-refractivity contribution in [2.45, 2.75) is 59.2 Å². The summed E-state index contributed by atoms with van der Waals surface area (Å²) in [4.78, 5) is 23.7. The Kier molecular flexibility index (Phi) is 5.06. The van der Waals surface area contributed by atoms with Crippen LogP contribution in [0.25, 0.3) is 0 Å². The van der Waals surface area contributed by atoms with Gasteiger partial charge in [0.15, 0.2) is 0 Å². The van der Waals surface area contributed by atoms with E-state index in [9.17, 15) is 4.79 Å². The van der Waals surface area contributed by atoms with Crippen LogP contribution in [0.2, 0.25) is 0 Å². The first-order valence-electron chi connectivity index (χ1n) is 8.80. The van der Waals surface area contributed by atoms with E-state index in [1.165, 1.54) is 0 Å². The van der Waals surface area contributed by atoms with Crippen LogP contribution in [0.1, 0.15) is 51.8 Å². The molecular formula is C20H25BrN4O. The van der Waals surface area contributed by atoms with Crippen molar-refractivity contribution < 1.29 is 4.79 Å². The molecule has 1 aliphatic heterocycles. The van der Waals surface area contributed by atoms with Gasteiger partial charge in [-0.1, -0.05) is 5.57 Å². The van der Waals surface area contributed by atoms with Gasteiger partial charge < -0.3 is 10.2 Å². The molecule has 0 aromatic carbocycles. The molecule has 1 aromatic rings. The largest absolute Gasteiger partial charge is 0.365 e. The lowest BCUT2D eigenvalue weighted by molar-refractivity contribution is -0.127. The van der Waals surface area contributed by atoms with E-state index in [-0.39, 0.29) is 11.4 Å². The van der Waals surface area contributed by atoms with Gasteiger partial charge in [-0.3, -0.25) is 9.78 Å². The maximum absolute atomic E-state index is 13.3. The fourth-order valence-electron chi connectivity index (χ4n) is 3.25. The monoisotopic (exact) mass is 416 g/mol. The molecule has 1 fully saturated rings. The maximum Gasteiger partial charge on any atom is 0.254 e. The minimum Gasteiger partial charge on any atom is -0.365 e. The summed E-state index contributed by atoms with van der Waals surface area (Å²) in [5.74, 6) is 0.715. The summed E-state index contributed by atoms with van der Waals surface area (Å²) in [6, 6.07) is 2.03. The summed E-state index contributed by atoms with van der Waals surface area (Å²) < 4.78 is 0.934. The molecule has 0 spiro atoms. The first kappa shape index (κ1) is 18.8. The Hall–Kier alpha value is -1.95. The van der Waals surface area contributed by atoms with Crippen molar-refractivity contribution in [3.63, 3.8) is 0 Å². The van der Waals surface area contributed by atoms with Gasteiger partial charge >= 0.3 is 0 Å². The molecular weight excluding hydrogens is 392 g/mol. The molecule has 1 amide bonds. The van der Waals surface area contributed by atoms with Gasteiger partial charge in [-0.05, 0) is 74.8 Å². The number of nitrogens with one attached hydrogen (secondary N) is 1.